The summed E-state index contributed by atoms with van der Waals surface area (Å²) < 4.78 is 0. The number of thiophene rings is 1. The maximum Gasteiger partial charge on any atom is 0.303 e. The normalized spacial score (nSPS) is 22.3. The summed E-state index contributed by atoms with van der Waals surface area (Å²) in [5.74, 6) is -0.676. The first-order chi connectivity index (χ1) is 9.08. The number of carbonyl (C=O) groups is 1. The van der Waals surface area contributed by atoms with Crippen LogP contribution in [0.25, 0.3) is 0 Å². The average molecular weight is 281 g/mol. The summed E-state index contributed by atoms with van der Waals surface area (Å²) in [6.07, 6.45) is 4.68. The molecule has 1 aromatic heterocycles. The van der Waals surface area contributed by atoms with Crippen molar-refractivity contribution in [3.8, 4) is 0 Å². The number of nitrogens with zero attached hydrogens (tertiary/aromatic N) is 1. The van der Waals surface area contributed by atoms with Gasteiger partial charge >= 0.3 is 5.97 Å². The Morgan fingerprint density at radius 3 is 2.95 bits per heavy atom. The molecule has 2 heterocycles. The van der Waals surface area contributed by atoms with E-state index in [1.54, 1.807) is 0 Å². The van der Waals surface area contributed by atoms with Gasteiger partial charge in [0.1, 0.15) is 0 Å². The summed E-state index contributed by atoms with van der Waals surface area (Å²) in [6.45, 7) is 5.49. The molecule has 4 heteroatoms. The van der Waals surface area contributed by atoms with Gasteiger partial charge < -0.3 is 5.11 Å². The number of likely N-dealkylation sites (tertiary alicyclic amines) is 1. The zero-order valence-corrected chi connectivity index (χ0v) is 12.6. The minimum Gasteiger partial charge on any atom is -0.481 e. The Morgan fingerprint density at radius 2 is 2.32 bits per heavy atom. The molecule has 1 aromatic rings. The predicted molar refractivity (Wildman–Crippen MR) is 78.7 cm³/mol. The highest BCUT2D eigenvalue weighted by Gasteiger charge is 2.28. The molecular formula is C15H23NO2S. The van der Waals surface area contributed by atoms with Gasteiger partial charge in [0.2, 0.25) is 0 Å². The molecule has 19 heavy (non-hydrogen) atoms. The number of aryl methyl sites for hydroxylation is 1. The van der Waals surface area contributed by atoms with Crippen molar-refractivity contribution in [2.75, 3.05) is 6.54 Å². The first-order valence-corrected chi connectivity index (χ1v) is 7.93. The summed E-state index contributed by atoms with van der Waals surface area (Å²) in [6, 6.07) is 5.24. The van der Waals surface area contributed by atoms with E-state index < -0.39 is 5.97 Å². The molecule has 1 aliphatic rings. The van der Waals surface area contributed by atoms with Crippen LogP contribution in [0.4, 0.5) is 0 Å². The number of hydrogen-bond donors (Lipinski definition) is 1. The van der Waals surface area contributed by atoms with Crippen LogP contribution in [-0.4, -0.2) is 28.6 Å². The Bertz CT molecular complexity index is 430. The van der Waals surface area contributed by atoms with Crippen LogP contribution in [0.15, 0.2) is 12.1 Å². The molecule has 0 amide bonds. The maximum absolute atomic E-state index is 10.8. The zero-order valence-electron chi connectivity index (χ0n) is 11.8. The molecule has 0 bridgehead atoms. The largest absolute Gasteiger partial charge is 0.481 e. The van der Waals surface area contributed by atoms with Gasteiger partial charge in [0.15, 0.2) is 0 Å². The van der Waals surface area contributed by atoms with E-state index in [4.69, 9.17) is 5.11 Å². The Labute approximate surface area is 119 Å². The fourth-order valence-electron chi connectivity index (χ4n) is 2.97. The van der Waals surface area contributed by atoms with Gasteiger partial charge in [-0.1, -0.05) is 6.42 Å². The lowest BCUT2D eigenvalue weighted by molar-refractivity contribution is -0.137. The van der Waals surface area contributed by atoms with Crippen LogP contribution in [0, 0.1) is 6.92 Å². The van der Waals surface area contributed by atoms with Gasteiger partial charge in [-0.2, -0.15) is 0 Å². The molecule has 0 spiro atoms. The van der Waals surface area contributed by atoms with Gasteiger partial charge in [0.25, 0.3) is 0 Å². The first-order valence-electron chi connectivity index (χ1n) is 7.12. The van der Waals surface area contributed by atoms with E-state index >= 15 is 0 Å². The molecule has 1 saturated heterocycles. The summed E-state index contributed by atoms with van der Waals surface area (Å²) in [4.78, 5) is 16.0. The van der Waals surface area contributed by atoms with Crippen molar-refractivity contribution in [1.82, 2.24) is 4.90 Å². The van der Waals surface area contributed by atoms with Gasteiger partial charge in [-0.25, -0.2) is 0 Å². The fraction of sp³-hybridized carbons (Fsp3) is 0.667. The maximum atomic E-state index is 10.8. The van der Waals surface area contributed by atoms with Crippen LogP contribution < -0.4 is 0 Å². The van der Waals surface area contributed by atoms with Gasteiger partial charge in [-0.3, -0.25) is 9.69 Å². The van der Waals surface area contributed by atoms with Crippen molar-refractivity contribution in [1.29, 1.82) is 0 Å². The molecule has 0 radical (unpaired) electrons. The van der Waals surface area contributed by atoms with Crippen LogP contribution in [0.2, 0.25) is 0 Å². The number of carboxylic acid groups (broad SMARTS) is 1. The standard InChI is InChI=1S/C15H23NO2S/c1-11-6-8-14(19-11)12(2)16-10-4-3-5-13(16)7-9-15(17)18/h6,8,12-13H,3-5,7,9-10H2,1-2H3,(H,17,18). The Balaban J connectivity index is 2.03. The third-order valence-electron chi connectivity index (χ3n) is 4.03. The topological polar surface area (TPSA) is 40.5 Å². The smallest absolute Gasteiger partial charge is 0.303 e. The van der Waals surface area contributed by atoms with Crippen molar-refractivity contribution in [3.05, 3.63) is 21.9 Å². The molecule has 2 rings (SSSR count). The van der Waals surface area contributed by atoms with Crippen LogP contribution in [0.5, 0.6) is 0 Å². The summed E-state index contributed by atoms with van der Waals surface area (Å²) in [7, 11) is 0. The molecule has 2 unspecified atom stereocenters. The highest BCUT2D eigenvalue weighted by atomic mass is 32.1. The van der Waals surface area contributed by atoms with Crippen molar-refractivity contribution in [2.24, 2.45) is 0 Å². The van der Waals surface area contributed by atoms with Crippen molar-refractivity contribution < 1.29 is 9.90 Å². The van der Waals surface area contributed by atoms with E-state index in [0.717, 1.165) is 19.4 Å². The van der Waals surface area contributed by atoms with Gasteiger partial charge in [0.05, 0.1) is 0 Å². The Morgan fingerprint density at radius 1 is 1.53 bits per heavy atom. The van der Waals surface area contributed by atoms with Crippen LogP contribution in [0.3, 0.4) is 0 Å². The highest BCUT2D eigenvalue weighted by Crippen LogP contribution is 2.33. The van der Waals surface area contributed by atoms with Gasteiger partial charge in [0, 0.05) is 28.3 Å². The van der Waals surface area contributed by atoms with E-state index in [0.29, 0.717) is 12.1 Å². The second-order valence-electron chi connectivity index (χ2n) is 5.44. The second-order valence-corrected chi connectivity index (χ2v) is 6.76. The minimum absolute atomic E-state index is 0.289. The number of rotatable bonds is 5. The van der Waals surface area contributed by atoms with E-state index in [9.17, 15) is 4.79 Å². The van der Waals surface area contributed by atoms with Crippen LogP contribution in [-0.2, 0) is 4.79 Å². The Kier molecular flexibility index (Phi) is 4.99. The summed E-state index contributed by atoms with van der Waals surface area (Å²) >= 11 is 1.86. The SMILES string of the molecule is Cc1ccc(C(C)N2CCCCC2CCC(=O)O)s1. The Hall–Kier alpha value is -0.870. The average Bonchev–Trinajstić information content (AvgIpc) is 2.82. The molecule has 1 aliphatic heterocycles. The number of hydrogen-bond acceptors (Lipinski definition) is 3. The highest BCUT2D eigenvalue weighted by molar-refractivity contribution is 7.12. The molecule has 1 N–H and O–H groups in total. The zero-order chi connectivity index (χ0) is 13.8. The molecule has 106 valence electrons. The fourth-order valence-corrected chi connectivity index (χ4v) is 3.92. The lowest BCUT2D eigenvalue weighted by atomic mass is 9.96. The monoisotopic (exact) mass is 281 g/mol. The molecule has 1 fully saturated rings. The van der Waals surface area contributed by atoms with Crippen molar-refractivity contribution in [3.63, 3.8) is 0 Å². The molecule has 0 aromatic carbocycles. The van der Waals surface area contributed by atoms with E-state index in [1.807, 2.05) is 11.3 Å². The molecule has 0 aliphatic carbocycles. The summed E-state index contributed by atoms with van der Waals surface area (Å²) in [5, 5.41) is 8.87. The number of aliphatic carboxylic acids is 1. The lowest BCUT2D eigenvalue weighted by Gasteiger charge is -2.39. The predicted octanol–water partition coefficient (Wildman–Crippen LogP) is 3.84. The molecule has 0 saturated carbocycles. The molecule has 2 atom stereocenters. The first kappa shape index (κ1) is 14.5. The van der Waals surface area contributed by atoms with Gasteiger partial charge in [-0.15, -0.1) is 11.3 Å². The van der Waals surface area contributed by atoms with E-state index in [2.05, 4.69) is 30.9 Å². The number of piperidine rings is 1. The van der Waals surface area contributed by atoms with Crippen molar-refractivity contribution in [2.45, 2.75) is 58.0 Å². The van der Waals surface area contributed by atoms with Crippen LogP contribution >= 0.6 is 11.3 Å². The van der Waals surface area contributed by atoms with E-state index in [1.165, 1.54) is 22.6 Å². The lowest BCUT2D eigenvalue weighted by Crippen LogP contribution is -2.41. The third-order valence-corrected chi connectivity index (χ3v) is 5.21. The quantitative estimate of drug-likeness (QED) is 0.891. The van der Waals surface area contributed by atoms with E-state index in [-0.39, 0.29) is 6.42 Å². The van der Waals surface area contributed by atoms with Crippen LogP contribution in [0.1, 0.15) is 54.8 Å². The molecular weight excluding hydrogens is 258 g/mol. The summed E-state index contributed by atoms with van der Waals surface area (Å²) in [5.41, 5.74) is 0. The second kappa shape index (κ2) is 6.53. The minimum atomic E-state index is -0.676. The van der Waals surface area contributed by atoms with Gasteiger partial charge in [-0.05, 0) is 51.8 Å². The number of carboxylic acids is 1. The third kappa shape index (κ3) is 3.80. The molecule has 3 nitrogen and oxygen atoms in total. The van der Waals surface area contributed by atoms with Crippen molar-refractivity contribution >= 4 is 17.3 Å².